The maximum absolute atomic E-state index is 12.2. The molecule has 0 unspecified atom stereocenters. The minimum Gasteiger partial charge on any atom is -0.373 e. The molecule has 1 aliphatic carbocycles. The van der Waals surface area contributed by atoms with E-state index in [9.17, 15) is 9.59 Å². The lowest BCUT2D eigenvalue weighted by Crippen LogP contribution is -2.22. The third-order valence-electron chi connectivity index (χ3n) is 2.64. The molecule has 0 bridgehead atoms. The molecule has 18 heavy (non-hydrogen) atoms. The van der Waals surface area contributed by atoms with Crippen molar-refractivity contribution in [2.24, 2.45) is 0 Å². The Morgan fingerprint density at radius 2 is 1.78 bits per heavy atom. The first-order valence-electron chi connectivity index (χ1n) is 5.42. The monoisotopic (exact) mass is 306 g/mol. The first-order valence-corrected chi connectivity index (χ1v) is 6.21. The number of benzene rings is 1. The molecular weight excluding hydrogens is 296 g/mol. The number of hydrogen-bond donors (Lipinski definition) is 0. The van der Waals surface area contributed by atoms with Gasteiger partial charge in [-0.3, -0.25) is 9.59 Å². The molecule has 0 aromatic heterocycles. The topological polar surface area (TPSA) is 43.4 Å². The Bertz CT molecular complexity index is 558. The highest BCUT2D eigenvalue weighted by Crippen LogP contribution is 2.29. The summed E-state index contributed by atoms with van der Waals surface area (Å²) in [6.45, 7) is 3.97. The van der Waals surface area contributed by atoms with Gasteiger partial charge >= 0.3 is 0 Å². The second kappa shape index (κ2) is 5.42. The Morgan fingerprint density at radius 3 is 2.39 bits per heavy atom. The summed E-state index contributed by atoms with van der Waals surface area (Å²) in [7, 11) is 0. The fourth-order valence-corrected chi connectivity index (χ4v) is 2.28. The van der Waals surface area contributed by atoms with Gasteiger partial charge in [0, 0.05) is 16.7 Å². The molecular formula is C14H11BrO3. The van der Waals surface area contributed by atoms with Gasteiger partial charge in [-0.2, -0.15) is 0 Å². The Hall–Kier alpha value is -1.52. The number of hydrogen-bond acceptors (Lipinski definition) is 3. The summed E-state index contributed by atoms with van der Waals surface area (Å²) in [5.74, 6) is -0.344. The molecule has 2 rings (SSSR count). The van der Waals surface area contributed by atoms with Crippen molar-refractivity contribution in [3.8, 4) is 0 Å². The van der Waals surface area contributed by atoms with E-state index < -0.39 is 0 Å². The van der Waals surface area contributed by atoms with Crippen LogP contribution in [0.5, 0.6) is 0 Å². The average Bonchev–Trinajstić information content (AvgIpc) is 2.40. The Labute approximate surface area is 113 Å². The predicted molar refractivity (Wildman–Crippen MR) is 72.1 cm³/mol. The molecule has 0 saturated carbocycles. The molecule has 0 spiro atoms. The van der Waals surface area contributed by atoms with Crippen molar-refractivity contribution in [2.75, 3.05) is 13.2 Å². The van der Waals surface area contributed by atoms with Crippen molar-refractivity contribution >= 4 is 27.5 Å². The van der Waals surface area contributed by atoms with Gasteiger partial charge < -0.3 is 4.74 Å². The zero-order chi connectivity index (χ0) is 13.1. The number of Topliss-reactive ketones (excluding diaryl/α,β-unsaturated/α-hetero) is 2. The maximum atomic E-state index is 12.2. The van der Waals surface area contributed by atoms with Crippen molar-refractivity contribution in [1.29, 1.82) is 0 Å². The van der Waals surface area contributed by atoms with Gasteiger partial charge in [0.25, 0.3) is 0 Å². The fourth-order valence-electron chi connectivity index (χ4n) is 1.77. The highest BCUT2D eigenvalue weighted by molar-refractivity contribution is 9.12. The van der Waals surface area contributed by atoms with Crippen LogP contribution in [0.1, 0.15) is 20.7 Å². The zero-order valence-electron chi connectivity index (χ0n) is 9.61. The van der Waals surface area contributed by atoms with E-state index in [-0.39, 0.29) is 22.7 Å². The summed E-state index contributed by atoms with van der Waals surface area (Å²) in [5, 5.41) is 0. The van der Waals surface area contributed by atoms with E-state index >= 15 is 0 Å². The summed E-state index contributed by atoms with van der Waals surface area (Å²) >= 11 is 3.19. The molecule has 92 valence electrons. The number of fused-ring (bicyclic) bond motifs is 1. The van der Waals surface area contributed by atoms with Crippen LogP contribution in [-0.4, -0.2) is 24.8 Å². The number of ketones is 2. The van der Waals surface area contributed by atoms with Gasteiger partial charge in [-0.05, 0) is 15.9 Å². The zero-order valence-corrected chi connectivity index (χ0v) is 11.2. The van der Waals surface area contributed by atoms with Crippen LogP contribution in [0.3, 0.4) is 0 Å². The molecule has 0 saturated heterocycles. The summed E-state index contributed by atoms with van der Waals surface area (Å²) in [5.41, 5.74) is 1.23. The van der Waals surface area contributed by atoms with Crippen molar-refractivity contribution < 1.29 is 14.3 Å². The molecule has 1 aromatic carbocycles. The second-order valence-electron chi connectivity index (χ2n) is 3.80. The lowest BCUT2D eigenvalue weighted by molar-refractivity contribution is 0.0954. The van der Waals surface area contributed by atoms with Crippen LogP contribution in [0.25, 0.3) is 0 Å². The summed E-state index contributed by atoms with van der Waals surface area (Å²) in [6.07, 6.45) is 1.59. The molecule has 0 N–H and O–H groups in total. The van der Waals surface area contributed by atoms with Crippen LogP contribution in [0.4, 0.5) is 0 Å². The summed E-state index contributed by atoms with van der Waals surface area (Å²) in [4.78, 5) is 24.3. The predicted octanol–water partition coefficient (Wildman–Crippen LogP) is 2.92. The van der Waals surface area contributed by atoms with Gasteiger partial charge in [0.2, 0.25) is 5.78 Å². The molecule has 1 aliphatic rings. The molecule has 4 heteroatoms. The standard InChI is InChI=1S/C14H11BrO3/c1-2-7-18-8-11-12(15)14(17)10-6-4-3-5-9(10)13(11)16/h2-6H,1,7-8H2. The molecule has 1 aromatic rings. The van der Waals surface area contributed by atoms with Gasteiger partial charge in [0.15, 0.2) is 5.78 Å². The Kier molecular flexibility index (Phi) is 3.89. The van der Waals surface area contributed by atoms with E-state index in [1.54, 1.807) is 30.3 Å². The molecule has 3 nitrogen and oxygen atoms in total. The largest absolute Gasteiger partial charge is 0.373 e. The first-order chi connectivity index (χ1) is 8.66. The maximum Gasteiger partial charge on any atom is 0.201 e. The highest BCUT2D eigenvalue weighted by Gasteiger charge is 2.30. The van der Waals surface area contributed by atoms with Gasteiger partial charge in [-0.25, -0.2) is 0 Å². The van der Waals surface area contributed by atoms with Crippen LogP contribution < -0.4 is 0 Å². The quantitative estimate of drug-likeness (QED) is 0.634. The molecule has 0 heterocycles. The third kappa shape index (κ3) is 2.21. The number of ether oxygens (including phenoxy) is 1. The van der Waals surface area contributed by atoms with Crippen LogP contribution >= 0.6 is 15.9 Å². The van der Waals surface area contributed by atoms with Gasteiger partial charge in [0.05, 0.1) is 17.7 Å². The lowest BCUT2D eigenvalue weighted by Gasteiger charge is -2.17. The molecule has 0 atom stereocenters. The molecule has 0 radical (unpaired) electrons. The minimum absolute atomic E-state index is 0.103. The van der Waals surface area contributed by atoms with Gasteiger partial charge in [-0.15, -0.1) is 6.58 Å². The first kappa shape index (κ1) is 12.9. The number of carbonyl (C=O) groups is 2. The van der Waals surface area contributed by atoms with Crippen LogP contribution in [0, 0.1) is 0 Å². The number of rotatable bonds is 4. The average molecular weight is 307 g/mol. The summed E-state index contributed by atoms with van der Waals surface area (Å²) in [6, 6.07) is 6.79. The molecule has 0 fully saturated rings. The van der Waals surface area contributed by atoms with Crippen molar-refractivity contribution in [1.82, 2.24) is 0 Å². The van der Waals surface area contributed by atoms with E-state index in [0.29, 0.717) is 23.3 Å². The number of carbonyl (C=O) groups excluding carboxylic acids is 2. The van der Waals surface area contributed by atoms with E-state index in [4.69, 9.17) is 4.74 Å². The van der Waals surface area contributed by atoms with E-state index in [2.05, 4.69) is 22.5 Å². The van der Waals surface area contributed by atoms with E-state index in [0.717, 1.165) is 0 Å². The van der Waals surface area contributed by atoms with Crippen molar-refractivity contribution in [3.05, 3.63) is 58.1 Å². The van der Waals surface area contributed by atoms with Gasteiger partial charge in [0.1, 0.15) is 0 Å². The van der Waals surface area contributed by atoms with Crippen LogP contribution in [0.15, 0.2) is 47.0 Å². The van der Waals surface area contributed by atoms with Crippen LogP contribution in [0.2, 0.25) is 0 Å². The van der Waals surface area contributed by atoms with Crippen molar-refractivity contribution in [3.63, 3.8) is 0 Å². The van der Waals surface area contributed by atoms with E-state index in [1.807, 2.05) is 0 Å². The number of halogens is 1. The molecule has 0 amide bonds. The lowest BCUT2D eigenvalue weighted by atomic mass is 9.90. The third-order valence-corrected chi connectivity index (χ3v) is 3.48. The molecule has 0 aliphatic heterocycles. The van der Waals surface area contributed by atoms with Crippen molar-refractivity contribution in [2.45, 2.75) is 0 Å². The smallest absolute Gasteiger partial charge is 0.201 e. The van der Waals surface area contributed by atoms with Gasteiger partial charge in [-0.1, -0.05) is 30.3 Å². The van der Waals surface area contributed by atoms with E-state index in [1.165, 1.54) is 0 Å². The fraction of sp³-hybridized carbons (Fsp3) is 0.143. The number of allylic oxidation sites excluding steroid dienone is 1. The Balaban J connectivity index is 2.37. The Morgan fingerprint density at radius 1 is 1.17 bits per heavy atom. The minimum atomic E-state index is -0.178. The SMILES string of the molecule is C=CCOCC1=C(Br)C(=O)c2ccccc2C1=O. The normalized spacial score (nSPS) is 14.7. The van der Waals surface area contributed by atoms with Crippen LogP contribution in [-0.2, 0) is 4.74 Å². The summed E-state index contributed by atoms with van der Waals surface area (Å²) < 4.78 is 5.53. The highest BCUT2D eigenvalue weighted by atomic mass is 79.9. The second-order valence-corrected chi connectivity index (χ2v) is 4.59.